The van der Waals surface area contributed by atoms with E-state index in [-0.39, 0.29) is 11.4 Å². The summed E-state index contributed by atoms with van der Waals surface area (Å²) in [6.45, 7) is 3.34. The molecule has 27 heavy (non-hydrogen) atoms. The van der Waals surface area contributed by atoms with Crippen LogP contribution in [0, 0.1) is 30.5 Å². The molecule has 4 bridgehead atoms. The van der Waals surface area contributed by atoms with E-state index in [4.69, 9.17) is 0 Å². The molecular formula is C21H28FN3O2. The molecule has 1 aromatic carbocycles. The predicted octanol–water partition coefficient (Wildman–Crippen LogP) is 3.73. The number of rotatable bonds is 4. The van der Waals surface area contributed by atoms with Crippen LogP contribution in [0.3, 0.4) is 0 Å². The molecule has 0 saturated heterocycles. The Morgan fingerprint density at radius 2 is 1.70 bits per heavy atom. The van der Waals surface area contributed by atoms with Crippen LogP contribution in [0.4, 0.5) is 14.9 Å². The quantitative estimate of drug-likeness (QED) is 0.753. The normalized spacial score (nSPS) is 32.0. The van der Waals surface area contributed by atoms with Crippen LogP contribution in [-0.2, 0) is 4.79 Å². The zero-order valence-corrected chi connectivity index (χ0v) is 16.0. The number of benzene rings is 1. The fraction of sp³-hybridized carbons (Fsp3) is 0.619. The van der Waals surface area contributed by atoms with Gasteiger partial charge in [-0.15, -0.1) is 0 Å². The second-order valence-corrected chi connectivity index (χ2v) is 8.97. The molecule has 0 aliphatic heterocycles. The lowest BCUT2D eigenvalue weighted by Gasteiger charge is -2.56. The Bertz CT molecular complexity index is 729. The number of urea groups is 1. The van der Waals surface area contributed by atoms with Gasteiger partial charge in [0.1, 0.15) is 11.9 Å². The molecule has 6 heteroatoms. The van der Waals surface area contributed by atoms with Crippen LogP contribution in [0.1, 0.15) is 51.0 Å². The second-order valence-electron chi connectivity index (χ2n) is 8.97. The summed E-state index contributed by atoms with van der Waals surface area (Å²) < 4.78 is 13.7. The van der Waals surface area contributed by atoms with E-state index in [9.17, 15) is 14.0 Å². The fourth-order valence-electron chi connectivity index (χ4n) is 5.75. The molecule has 0 heterocycles. The number of aryl methyl sites for hydroxylation is 1. The molecule has 1 atom stereocenters. The monoisotopic (exact) mass is 373 g/mol. The standard InChI is InChI=1S/C21H28FN3O2/c1-12-3-4-17(8-18(12)22)23-13(2)19(26)24-20(27)25-21-9-14-5-15(10-21)7-16(6-14)11-21/h3-4,8,13-16,23H,5-7,9-11H2,1-2H3,(H2,24,25,26,27). The minimum atomic E-state index is -0.644. The molecule has 146 valence electrons. The number of carbonyl (C=O) groups excluding carboxylic acids is 2. The molecule has 0 radical (unpaired) electrons. The second kappa shape index (κ2) is 6.80. The third-order valence-corrected chi connectivity index (χ3v) is 6.60. The molecule has 4 aliphatic carbocycles. The van der Waals surface area contributed by atoms with Gasteiger partial charge in [0.25, 0.3) is 0 Å². The smallest absolute Gasteiger partial charge is 0.321 e. The first-order valence-electron chi connectivity index (χ1n) is 9.97. The van der Waals surface area contributed by atoms with E-state index in [1.54, 1.807) is 26.0 Å². The minimum absolute atomic E-state index is 0.129. The van der Waals surface area contributed by atoms with Gasteiger partial charge in [0.2, 0.25) is 5.91 Å². The predicted molar refractivity (Wildman–Crippen MR) is 102 cm³/mol. The highest BCUT2D eigenvalue weighted by molar-refractivity contribution is 5.98. The third kappa shape index (κ3) is 3.80. The van der Waals surface area contributed by atoms with Crippen LogP contribution in [-0.4, -0.2) is 23.5 Å². The number of amides is 3. The van der Waals surface area contributed by atoms with Crippen LogP contribution >= 0.6 is 0 Å². The van der Waals surface area contributed by atoms with Crippen molar-refractivity contribution in [2.45, 2.75) is 64.0 Å². The molecular weight excluding hydrogens is 345 g/mol. The number of carbonyl (C=O) groups is 2. The summed E-state index contributed by atoms with van der Waals surface area (Å²) in [5, 5.41) is 8.53. The molecule has 5 nitrogen and oxygen atoms in total. The average molecular weight is 373 g/mol. The van der Waals surface area contributed by atoms with Gasteiger partial charge in [-0.1, -0.05) is 6.07 Å². The van der Waals surface area contributed by atoms with Crippen LogP contribution in [0.5, 0.6) is 0 Å². The van der Waals surface area contributed by atoms with E-state index in [0.717, 1.165) is 37.0 Å². The van der Waals surface area contributed by atoms with Crippen LogP contribution in [0.15, 0.2) is 18.2 Å². The Morgan fingerprint density at radius 3 is 2.26 bits per heavy atom. The molecule has 1 unspecified atom stereocenters. The molecule has 4 saturated carbocycles. The van der Waals surface area contributed by atoms with Crippen molar-refractivity contribution in [2.75, 3.05) is 5.32 Å². The summed E-state index contributed by atoms with van der Waals surface area (Å²) in [5.74, 6) is 1.43. The first-order chi connectivity index (χ1) is 12.8. The van der Waals surface area contributed by atoms with Gasteiger partial charge in [-0.3, -0.25) is 10.1 Å². The summed E-state index contributed by atoms with van der Waals surface area (Å²) >= 11 is 0. The van der Waals surface area contributed by atoms with Gasteiger partial charge in [0.15, 0.2) is 0 Å². The van der Waals surface area contributed by atoms with Crippen molar-refractivity contribution in [3.8, 4) is 0 Å². The van der Waals surface area contributed by atoms with Crippen molar-refractivity contribution in [1.82, 2.24) is 10.6 Å². The minimum Gasteiger partial charge on any atom is -0.374 e. The number of nitrogens with one attached hydrogen (secondary N) is 3. The van der Waals surface area contributed by atoms with Crippen LogP contribution in [0.25, 0.3) is 0 Å². The molecule has 3 N–H and O–H groups in total. The summed E-state index contributed by atoms with van der Waals surface area (Å²) in [6, 6.07) is 3.67. The molecule has 3 amide bonds. The molecule has 5 rings (SSSR count). The van der Waals surface area contributed by atoms with E-state index >= 15 is 0 Å². The van der Waals surface area contributed by atoms with E-state index in [0.29, 0.717) is 11.3 Å². The highest BCUT2D eigenvalue weighted by Gasteiger charge is 2.51. The Kier molecular flexibility index (Phi) is 4.60. The maximum absolute atomic E-state index is 13.7. The Hall–Kier alpha value is -2.11. The number of halogens is 1. The van der Waals surface area contributed by atoms with Gasteiger partial charge >= 0.3 is 6.03 Å². The topological polar surface area (TPSA) is 70.2 Å². The van der Waals surface area contributed by atoms with E-state index in [1.165, 1.54) is 25.3 Å². The van der Waals surface area contributed by atoms with Crippen molar-refractivity contribution >= 4 is 17.6 Å². The Balaban J connectivity index is 1.32. The third-order valence-electron chi connectivity index (χ3n) is 6.60. The maximum atomic E-state index is 13.7. The number of imide groups is 1. The first-order valence-corrected chi connectivity index (χ1v) is 9.97. The lowest BCUT2D eigenvalue weighted by molar-refractivity contribution is -0.120. The first kappa shape index (κ1) is 18.3. The number of hydrogen-bond acceptors (Lipinski definition) is 3. The summed E-state index contributed by atoms with van der Waals surface area (Å²) in [5.41, 5.74) is 0.936. The van der Waals surface area contributed by atoms with E-state index in [1.807, 2.05) is 0 Å². The molecule has 0 aromatic heterocycles. The summed E-state index contributed by atoms with van der Waals surface area (Å²) in [7, 11) is 0. The van der Waals surface area contributed by atoms with Gasteiger partial charge in [-0.05, 0) is 87.8 Å². The number of anilines is 1. The van der Waals surface area contributed by atoms with Gasteiger partial charge in [0.05, 0.1) is 0 Å². The average Bonchev–Trinajstić information content (AvgIpc) is 2.56. The van der Waals surface area contributed by atoms with Crippen molar-refractivity contribution in [2.24, 2.45) is 17.8 Å². The highest BCUT2D eigenvalue weighted by atomic mass is 19.1. The Labute approximate surface area is 159 Å². The lowest BCUT2D eigenvalue weighted by atomic mass is 9.53. The molecule has 0 spiro atoms. The number of hydrogen-bond donors (Lipinski definition) is 3. The van der Waals surface area contributed by atoms with Gasteiger partial charge in [-0.25, -0.2) is 9.18 Å². The molecule has 4 aliphatic rings. The fourth-order valence-corrected chi connectivity index (χ4v) is 5.75. The van der Waals surface area contributed by atoms with Gasteiger partial charge in [0, 0.05) is 11.2 Å². The van der Waals surface area contributed by atoms with Crippen LogP contribution in [0.2, 0.25) is 0 Å². The Morgan fingerprint density at radius 1 is 1.11 bits per heavy atom. The lowest BCUT2D eigenvalue weighted by Crippen LogP contribution is -2.62. The van der Waals surface area contributed by atoms with Gasteiger partial charge in [-0.2, -0.15) is 0 Å². The summed E-state index contributed by atoms with van der Waals surface area (Å²) in [6.07, 6.45) is 7.02. The van der Waals surface area contributed by atoms with Gasteiger partial charge < -0.3 is 10.6 Å². The van der Waals surface area contributed by atoms with Crippen molar-refractivity contribution in [3.63, 3.8) is 0 Å². The van der Waals surface area contributed by atoms with E-state index in [2.05, 4.69) is 16.0 Å². The van der Waals surface area contributed by atoms with Crippen LogP contribution < -0.4 is 16.0 Å². The SMILES string of the molecule is Cc1ccc(NC(C)C(=O)NC(=O)NC23CC4CC(CC(C4)C2)C3)cc1F. The zero-order chi connectivity index (χ0) is 19.2. The molecule has 4 fully saturated rings. The van der Waals surface area contributed by atoms with Crippen molar-refractivity contribution in [1.29, 1.82) is 0 Å². The molecule has 1 aromatic rings. The summed E-state index contributed by atoms with van der Waals surface area (Å²) in [4.78, 5) is 24.8. The van der Waals surface area contributed by atoms with E-state index < -0.39 is 18.0 Å². The largest absolute Gasteiger partial charge is 0.374 e. The van der Waals surface area contributed by atoms with Crippen molar-refractivity contribution < 1.29 is 14.0 Å². The maximum Gasteiger partial charge on any atom is 0.321 e. The van der Waals surface area contributed by atoms with Crippen molar-refractivity contribution in [3.05, 3.63) is 29.6 Å². The zero-order valence-electron chi connectivity index (χ0n) is 16.0. The highest BCUT2D eigenvalue weighted by Crippen LogP contribution is 2.55.